The van der Waals surface area contributed by atoms with Crippen molar-refractivity contribution in [2.24, 2.45) is 0 Å². The van der Waals surface area contributed by atoms with Crippen molar-refractivity contribution in [2.75, 3.05) is 0 Å². The maximum absolute atomic E-state index is 9.27. The van der Waals surface area contributed by atoms with Crippen LogP contribution in [0.2, 0.25) is 0 Å². The molecular weight excluding hydrogens is 264 g/mol. The van der Waals surface area contributed by atoms with Crippen LogP contribution in [0.3, 0.4) is 0 Å². The number of aliphatic hydroxyl groups excluding tert-OH is 1. The highest BCUT2D eigenvalue weighted by atomic mass is 16.3. The fourth-order valence-electron chi connectivity index (χ4n) is 2.20. The number of aromatic nitrogens is 4. The minimum absolute atomic E-state index is 0.0192. The van der Waals surface area contributed by atoms with Crippen molar-refractivity contribution in [3.05, 3.63) is 60.3 Å². The van der Waals surface area contributed by atoms with E-state index in [1.807, 2.05) is 48.0 Å². The van der Waals surface area contributed by atoms with E-state index in [9.17, 15) is 5.11 Å². The maximum atomic E-state index is 9.27. The van der Waals surface area contributed by atoms with Crippen LogP contribution >= 0.6 is 0 Å². The summed E-state index contributed by atoms with van der Waals surface area (Å²) in [6.45, 7) is 2.04. The van der Waals surface area contributed by atoms with Gasteiger partial charge in [-0.25, -0.2) is 15.0 Å². The third kappa shape index (κ3) is 2.68. The van der Waals surface area contributed by atoms with Crippen LogP contribution in [0.4, 0.5) is 0 Å². The molecule has 21 heavy (non-hydrogen) atoms. The molecule has 0 amide bonds. The van der Waals surface area contributed by atoms with Gasteiger partial charge in [-0.2, -0.15) is 0 Å². The van der Waals surface area contributed by atoms with Crippen LogP contribution in [0.1, 0.15) is 18.3 Å². The molecule has 3 rings (SSSR count). The van der Waals surface area contributed by atoms with Crippen molar-refractivity contribution in [2.45, 2.75) is 20.0 Å². The third-order valence-corrected chi connectivity index (χ3v) is 3.26. The zero-order chi connectivity index (χ0) is 14.7. The van der Waals surface area contributed by atoms with Crippen molar-refractivity contribution < 1.29 is 5.11 Å². The second kappa shape index (κ2) is 5.85. The molecule has 0 spiro atoms. The molecule has 5 nitrogen and oxygen atoms in total. The number of imidazole rings is 1. The summed E-state index contributed by atoms with van der Waals surface area (Å²) in [6.07, 6.45) is 6.17. The van der Waals surface area contributed by atoms with Gasteiger partial charge in [-0.15, -0.1) is 0 Å². The number of nitrogens with zero attached hydrogens (tertiary/aromatic N) is 4. The molecule has 106 valence electrons. The molecule has 2 aromatic heterocycles. The first-order valence-corrected chi connectivity index (χ1v) is 6.87. The number of benzene rings is 1. The van der Waals surface area contributed by atoms with E-state index in [-0.39, 0.29) is 6.61 Å². The van der Waals surface area contributed by atoms with Crippen LogP contribution in [-0.2, 0) is 13.0 Å². The maximum Gasteiger partial charge on any atom is 0.163 e. The minimum atomic E-state index is 0.0192. The standard InChI is InChI=1S/C16H16N4O/c1-2-15-17-7-6-14(19-15)16-18-8-9-20(16)13-5-3-4-12(10-13)11-21/h3-10,21H,2,11H2,1H3. The first-order valence-electron chi connectivity index (χ1n) is 6.87. The minimum Gasteiger partial charge on any atom is -0.392 e. The first kappa shape index (κ1) is 13.5. The van der Waals surface area contributed by atoms with E-state index < -0.39 is 0 Å². The molecule has 0 fully saturated rings. The first-order chi connectivity index (χ1) is 10.3. The van der Waals surface area contributed by atoms with Crippen molar-refractivity contribution in [3.8, 4) is 17.2 Å². The van der Waals surface area contributed by atoms with Crippen LogP contribution in [-0.4, -0.2) is 24.6 Å². The molecule has 0 saturated heterocycles. The fourth-order valence-corrected chi connectivity index (χ4v) is 2.20. The van der Waals surface area contributed by atoms with Crippen LogP contribution in [0.15, 0.2) is 48.9 Å². The highest BCUT2D eigenvalue weighted by Gasteiger charge is 2.10. The van der Waals surface area contributed by atoms with Gasteiger partial charge in [0.05, 0.1) is 6.61 Å². The molecule has 1 aromatic carbocycles. The zero-order valence-corrected chi connectivity index (χ0v) is 11.8. The van der Waals surface area contributed by atoms with Crippen LogP contribution < -0.4 is 0 Å². The van der Waals surface area contributed by atoms with E-state index in [0.29, 0.717) is 0 Å². The van der Waals surface area contributed by atoms with Crippen LogP contribution in [0.25, 0.3) is 17.2 Å². The Hall–Kier alpha value is -2.53. The molecule has 0 unspecified atom stereocenters. The van der Waals surface area contributed by atoms with E-state index >= 15 is 0 Å². The second-order valence-electron chi connectivity index (χ2n) is 4.66. The lowest BCUT2D eigenvalue weighted by Crippen LogP contribution is -2.01. The monoisotopic (exact) mass is 280 g/mol. The van der Waals surface area contributed by atoms with Crippen molar-refractivity contribution in [3.63, 3.8) is 0 Å². The number of aryl methyl sites for hydroxylation is 1. The predicted octanol–water partition coefficient (Wildman–Crippen LogP) is 2.38. The van der Waals surface area contributed by atoms with Gasteiger partial charge in [0.2, 0.25) is 0 Å². The Balaban J connectivity index is 2.07. The Morgan fingerprint density at radius 1 is 1.14 bits per heavy atom. The Labute approximate surface area is 123 Å². The summed E-state index contributed by atoms with van der Waals surface area (Å²) in [7, 11) is 0. The Morgan fingerprint density at radius 2 is 2.05 bits per heavy atom. The molecule has 0 saturated carbocycles. The van der Waals surface area contributed by atoms with Gasteiger partial charge in [0.15, 0.2) is 5.82 Å². The molecule has 1 N–H and O–H groups in total. The summed E-state index contributed by atoms with van der Waals surface area (Å²) in [5, 5.41) is 9.27. The Morgan fingerprint density at radius 3 is 2.86 bits per heavy atom. The molecule has 2 heterocycles. The summed E-state index contributed by atoms with van der Waals surface area (Å²) < 4.78 is 1.96. The van der Waals surface area contributed by atoms with Gasteiger partial charge in [-0.3, -0.25) is 4.57 Å². The van der Waals surface area contributed by atoms with Gasteiger partial charge in [0, 0.05) is 30.7 Å². The SMILES string of the molecule is CCc1nccc(-c2nccn2-c2cccc(CO)c2)n1. The lowest BCUT2D eigenvalue weighted by molar-refractivity contribution is 0.282. The topological polar surface area (TPSA) is 63.8 Å². The van der Waals surface area contributed by atoms with E-state index in [2.05, 4.69) is 15.0 Å². The molecule has 3 aromatic rings. The second-order valence-corrected chi connectivity index (χ2v) is 4.66. The summed E-state index contributed by atoms with van der Waals surface area (Å²) in [6, 6.07) is 9.58. The molecule has 0 bridgehead atoms. The zero-order valence-electron chi connectivity index (χ0n) is 11.8. The van der Waals surface area contributed by atoms with Gasteiger partial charge in [-0.1, -0.05) is 19.1 Å². The average molecular weight is 280 g/mol. The molecule has 0 radical (unpaired) electrons. The smallest absolute Gasteiger partial charge is 0.163 e. The Bertz CT molecular complexity index is 689. The number of rotatable bonds is 4. The van der Waals surface area contributed by atoms with E-state index in [1.165, 1.54) is 0 Å². The quantitative estimate of drug-likeness (QED) is 0.797. The average Bonchev–Trinajstić information content (AvgIpc) is 3.04. The van der Waals surface area contributed by atoms with Crippen LogP contribution in [0.5, 0.6) is 0 Å². The summed E-state index contributed by atoms with van der Waals surface area (Å²) in [5.41, 5.74) is 2.61. The molecule has 0 aliphatic rings. The van der Waals surface area contributed by atoms with E-state index in [4.69, 9.17) is 0 Å². The van der Waals surface area contributed by atoms with E-state index in [1.54, 1.807) is 12.4 Å². The summed E-state index contributed by atoms with van der Waals surface area (Å²) in [4.78, 5) is 13.1. The van der Waals surface area contributed by atoms with Crippen molar-refractivity contribution in [1.29, 1.82) is 0 Å². The lowest BCUT2D eigenvalue weighted by atomic mass is 10.2. The molecule has 0 aliphatic heterocycles. The van der Waals surface area contributed by atoms with Gasteiger partial charge in [-0.05, 0) is 23.8 Å². The fraction of sp³-hybridized carbons (Fsp3) is 0.188. The highest BCUT2D eigenvalue weighted by molar-refractivity contribution is 5.54. The Kier molecular flexibility index (Phi) is 3.75. The predicted molar refractivity (Wildman–Crippen MR) is 79.9 cm³/mol. The largest absolute Gasteiger partial charge is 0.392 e. The lowest BCUT2D eigenvalue weighted by Gasteiger charge is -2.09. The normalized spacial score (nSPS) is 10.8. The van der Waals surface area contributed by atoms with Gasteiger partial charge < -0.3 is 5.11 Å². The summed E-state index contributed by atoms with van der Waals surface area (Å²) >= 11 is 0. The molecule has 0 aliphatic carbocycles. The van der Waals surface area contributed by atoms with Gasteiger partial charge in [0.1, 0.15) is 11.5 Å². The van der Waals surface area contributed by atoms with Gasteiger partial charge >= 0.3 is 0 Å². The van der Waals surface area contributed by atoms with Crippen molar-refractivity contribution >= 4 is 0 Å². The highest BCUT2D eigenvalue weighted by Crippen LogP contribution is 2.20. The number of hydrogen-bond acceptors (Lipinski definition) is 4. The molecular formula is C16H16N4O. The summed E-state index contributed by atoms with van der Waals surface area (Å²) in [5.74, 6) is 1.56. The van der Waals surface area contributed by atoms with Crippen molar-refractivity contribution in [1.82, 2.24) is 19.5 Å². The third-order valence-electron chi connectivity index (χ3n) is 3.26. The molecule has 0 atom stereocenters. The van der Waals surface area contributed by atoms with Crippen LogP contribution in [0, 0.1) is 0 Å². The number of aliphatic hydroxyl groups is 1. The van der Waals surface area contributed by atoms with Gasteiger partial charge in [0.25, 0.3) is 0 Å². The molecule has 5 heteroatoms. The number of hydrogen-bond donors (Lipinski definition) is 1. The van der Waals surface area contributed by atoms with E-state index in [0.717, 1.165) is 35.0 Å².